The van der Waals surface area contributed by atoms with E-state index in [0.29, 0.717) is 12.8 Å². The third-order valence-electron chi connectivity index (χ3n) is 2.26. The SMILES string of the molecule is CCC(O)C(=O)CCc1ccccc1. The maximum atomic E-state index is 11.3. The molecule has 0 aliphatic carbocycles. The average molecular weight is 192 g/mol. The molecule has 2 heteroatoms. The van der Waals surface area contributed by atoms with Crippen LogP contribution in [0.4, 0.5) is 0 Å². The van der Waals surface area contributed by atoms with E-state index in [-0.39, 0.29) is 5.78 Å². The standard InChI is InChI=1S/C12H16O2/c1-2-11(13)12(14)9-8-10-6-4-3-5-7-10/h3-7,11,13H,2,8-9H2,1H3. The Morgan fingerprint density at radius 2 is 2.00 bits per heavy atom. The van der Waals surface area contributed by atoms with E-state index in [4.69, 9.17) is 0 Å². The monoisotopic (exact) mass is 192 g/mol. The molecule has 0 aromatic heterocycles. The number of Topliss-reactive ketones (excluding diaryl/α,β-unsaturated/α-hetero) is 1. The van der Waals surface area contributed by atoms with Crippen molar-refractivity contribution in [2.75, 3.05) is 0 Å². The van der Waals surface area contributed by atoms with Gasteiger partial charge >= 0.3 is 0 Å². The number of hydrogen-bond donors (Lipinski definition) is 1. The predicted octanol–water partition coefficient (Wildman–Crippen LogP) is 1.96. The lowest BCUT2D eigenvalue weighted by Crippen LogP contribution is -2.19. The topological polar surface area (TPSA) is 37.3 Å². The van der Waals surface area contributed by atoms with Crippen molar-refractivity contribution in [1.29, 1.82) is 0 Å². The average Bonchev–Trinajstić information content (AvgIpc) is 2.26. The van der Waals surface area contributed by atoms with Crippen LogP contribution in [0, 0.1) is 0 Å². The second kappa shape index (κ2) is 5.55. The molecule has 2 nitrogen and oxygen atoms in total. The molecule has 0 bridgehead atoms. The molecule has 0 saturated carbocycles. The van der Waals surface area contributed by atoms with Crippen LogP contribution in [0.15, 0.2) is 30.3 Å². The highest BCUT2D eigenvalue weighted by atomic mass is 16.3. The summed E-state index contributed by atoms with van der Waals surface area (Å²) in [7, 11) is 0. The van der Waals surface area contributed by atoms with Gasteiger partial charge in [0.25, 0.3) is 0 Å². The first-order valence-electron chi connectivity index (χ1n) is 4.98. The molecule has 0 aliphatic heterocycles. The summed E-state index contributed by atoms with van der Waals surface area (Å²) in [6.45, 7) is 1.81. The molecule has 0 aliphatic rings. The smallest absolute Gasteiger partial charge is 0.161 e. The summed E-state index contributed by atoms with van der Waals surface area (Å²) in [6.07, 6.45) is 0.877. The van der Waals surface area contributed by atoms with Crippen molar-refractivity contribution in [2.24, 2.45) is 0 Å². The maximum absolute atomic E-state index is 11.3. The highest BCUT2D eigenvalue weighted by molar-refractivity contribution is 5.82. The van der Waals surface area contributed by atoms with Crippen LogP contribution < -0.4 is 0 Å². The Morgan fingerprint density at radius 3 is 2.57 bits per heavy atom. The zero-order valence-corrected chi connectivity index (χ0v) is 8.44. The summed E-state index contributed by atoms with van der Waals surface area (Å²) in [6, 6.07) is 9.84. The lowest BCUT2D eigenvalue weighted by atomic mass is 10.0. The molecule has 0 radical (unpaired) electrons. The van der Waals surface area contributed by atoms with Crippen molar-refractivity contribution in [3.8, 4) is 0 Å². The number of hydrogen-bond acceptors (Lipinski definition) is 2. The molecular weight excluding hydrogens is 176 g/mol. The minimum Gasteiger partial charge on any atom is -0.385 e. The van der Waals surface area contributed by atoms with Gasteiger partial charge in [-0.25, -0.2) is 0 Å². The number of carbonyl (C=O) groups excluding carboxylic acids is 1. The fraction of sp³-hybridized carbons (Fsp3) is 0.417. The zero-order valence-electron chi connectivity index (χ0n) is 8.44. The van der Waals surface area contributed by atoms with E-state index in [1.54, 1.807) is 0 Å². The normalized spacial score (nSPS) is 12.4. The first-order valence-corrected chi connectivity index (χ1v) is 4.98. The summed E-state index contributed by atoms with van der Waals surface area (Å²) in [5.41, 5.74) is 1.14. The summed E-state index contributed by atoms with van der Waals surface area (Å²) < 4.78 is 0. The molecule has 76 valence electrons. The molecule has 14 heavy (non-hydrogen) atoms. The summed E-state index contributed by atoms with van der Waals surface area (Å²) >= 11 is 0. The molecule has 1 N–H and O–H groups in total. The van der Waals surface area contributed by atoms with Gasteiger partial charge in [-0.05, 0) is 18.4 Å². The number of rotatable bonds is 5. The van der Waals surface area contributed by atoms with E-state index in [9.17, 15) is 9.90 Å². The van der Waals surface area contributed by atoms with Crippen LogP contribution in [0.25, 0.3) is 0 Å². The number of benzene rings is 1. The first kappa shape index (κ1) is 10.9. The predicted molar refractivity (Wildman–Crippen MR) is 56.1 cm³/mol. The highest BCUT2D eigenvalue weighted by Gasteiger charge is 2.11. The van der Waals surface area contributed by atoms with Gasteiger partial charge in [0.05, 0.1) is 0 Å². The van der Waals surface area contributed by atoms with Crippen LogP contribution in [0.2, 0.25) is 0 Å². The van der Waals surface area contributed by atoms with Crippen molar-refractivity contribution in [2.45, 2.75) is 32.3 Å². The van der Waals surface area contributed by atoms with Crippen LogP contribution in [0.5, 0.6) is 0 Å². The largest absolute Gasteiger partial charge is 0.385 e. The van der Waals surface area contributed by atoms with Crippen LogP contribution in [0.1, 0.15) is 25.3 Å². The van der Waals surface area contributed by atoms with Gasteiger partial charge in [0.2, 0.25) is 0 Å². The van der Waals surface area contributed by atoms with Crippen molar-refractivity contribution in [1.82, 2.24) is 0 Å². The molecule has 1 aromatic rings. The molecule has 1 aromatic carbocycles. The molecular formula is C12H16O2. The number of aliphatic hydroxyl groups excluding tert-OH is 1. The molecule has 0 heterocycles. The molecule has 0 saturated heterocycles. The van der Waals surface area contributed by atoms with Crippen molar-refractivity contribution >= 4 is 5.78 Å². The van der Waals surface area contributed by atoms with Gasteiger partial charge in [-0.1, -0.05) is 37.3 Å². The van der Waals surface area contributed by atoms with Crippen LogP contribution >= 0.6 is 0 Å². The molecule has 1 unspecified atom stereocenters. The first-order chi connectivity index (χ1) is 6.74. The third kappa shape index (κ3) is 3.30. The summed E-state index contributed by atoms with van der Waals surface area (Å²) in [5.74, 6) is -0.0589. The van der Waals surface area contributed by atoms with Crippen molar-refractivity contribution < 1.29 is 9.90 Å². The second-order valence-corrected chi connectivity index (χ2v) is 3.38. The Morgan fingerprint density at radius 1 is 1.36 bits per heavy atom. The fourth-order valence-corrected chi connectivity index (χ4v) is 1.31. The van der Waals surface area contributed by atoms with Gasteiger partial charge in [0.15, 0.2) is 5.78 Å². The second-order valence-electron chi connectivity index (χ2n) is 3.38. The van der Waals surface area contributed by atoms with E-state index in [1.807, 2.05) is 37.3 Å². The number of aryl methyl sites for hydroxylation is 1. The lowest BCUT2D eigenvalue weighted by molar-refractivity contribution is -0.127. The van der Waals surface area contributed by atoms with Crippen LogP contribution in [-0.2, 0) is 11.2 Å². The fourth-order valence-electron chi connectivity index (χ4n) is 1.31. The van der Waals surface area contributed by atoms with Gasteiger partial charge in [-0.15, -0.1) is 0 Å². The quantitative estimate of drug-likeness (QED) is 0.774. The molecule has 1 rings (SSSR count). The lowest BCUT2D eigenvalue weighted by Gasteiger charge is -2.05. The molecule has 1 atom stereocenters. The van der Waals surface area contributed by atoms with Gasteiger partial charge in [-0.3, -0.25) is 4.79 Å². The van der Waals surface area contributed by atoms with E-state index in [0.717, 1.165) is 12.0 Å². The van der Waals surface area contributed by atoms with E-state index in [2.05, 4.69) is 0 Å². The van der Waals surface area contributed by atoms with E-state index >= 15 is 0 Å². The Kier molecular flexibility index (Phi) is 4.33. The summed E-state index contributed by atoms with van der Waals surface area (Å²) in [4.78, 5) is 11.3. The van der Waals surface area contributed by atoms with Gasteiger partial charge in [0, 0.05) is 6.42 Å². The zero-order chi connectivity index (χ0) is 10.4. The third-order valence-corrected chi connectivity index (χ3v) is 2.26. The Bertz CT molecular complexity index is 280. The Balaban J connectivity index is 2.38. The van der Waals surface area contributed by atoms with Crippen LogP contribution in [-0.4, -0.2) is 17.0 Å². The van der Waals surface area contributed by atoms with E-state index < -0.39 is 6.10 Å². The Hall–Kier alpha value is -1.15. The highest BCUT2D eigenvalue weighted by Crippen LogP contribution is 2.05. The van der Waals surface area contributed by atoms with Crippen molar-refractivity contribution in [3.05, 3.63) is 35.9 Å². The maximum Gasteiger partial charge on any atom is 0.161 e. The van der Waals surface area contributed by atoms with Gasteiger partial charge in [-0.2, -0.15) is 0 Å². The van der Waals surface area contributed by atoms with Crippen molar-refractivity contribution in [3.63, 3.8) is 0 Å². The Labute approximate surface area is 84.6 Å². The summed E-state index contributed by atoms with van der Waals surface area (Å²) in [5, 5.41) is 9.25. The van der Waals surface area contributed by atoms with Gasteiger partial charge in [0.1, 0.15) is 6.10 Å². The van der Waals surface area contributed by atoms with Crippen LogP contribution in [0.3, 0.4) is 0 Å². The number of ketones is 1. The molecule has 0 amide bonds. The molecule has 0 spiro atoms. The molecule has 0 fully saturated rings. The minimum absolute atomic E-state index is 0.0589. The number of aliphatic hydroxyl groups is 1. The van der Waals surface area contributed by atoms with E-state index in [1.165, 1.54) is 0 Å². The minimum atomic E-state index is -0.779. The number of carbonyl (C=O) groups is 1. The van der Waals surface area contributed by atoms with Gasteiger partial charge < -0.3 is 5.11 Å².